The van der Waals surface area contributed by atoms with Gasteiger partial charge in [0.05, 0.1) is 6.10 Å². The molecule has 0 aromatic carbocycles. The van der Waals surface area contributed by atoms with E-state index in [9.17, 15) is 4.79 Å². The quantitative estimate of drug-likeness (QED) is 0.596. The summed E-state index contributed by atoms with van der Waals surface area (Å²) in [5.41, 5.74) is 0. The Hall–Kier alpha value is -0.613. The van der Waals surface area contributed by atoms with Crippen LogP contribution in [0.4, 0.5) is 0 Å². The van der Waals surface area contributed by atoms with Crippen molar-refractivity contribution < 1.29 is 14.3 Å². The molecule has 0 aliphatic carbocycles. The molecule has 0 aromatic heterocycles. The first-order valence-corrected chi connectivity index (χ1v) is 8.06. The molecule has 0 aliphatic heterocycles. The molecule has 1 atom stereocenters. The van der Waals surface area contributed by atoms with Gasteiger partial charge in [-0.15, -0.1) is 0 Å². The number of hydrogen-bond acceptors (Lipinski definition) is 2. The van der Waals surface area contributed by atoms with Crippen molar-refractivity contribution in [1.29, 1.82) is 0 Å². The summed E-state index contributed by atoms with van der Waals surface area (Å²) in [5, 5.41) is 8.64. The average molecular weight is 230 g/mol. The van der Waals surface area contributed by atoms with E-state index in [0.717, 1.165) is 6.08 Å². The zero-order valence-corrected chi connectivity index (χ0v) is 11.5. The second kappa shape index (κ2) is 4.94. The van der Waals surface area contributed by atoms with Gasteiger partial charge in [0.15, 0.2) is 8.32 Å². The van der Waals surface area contributed by atoms with Gasteiger partial charge in [0.2, 0.25) is 0 Å². The third-order valence-electron chi connectivity index (χ3n) is 2.80. The van der Waals surface area contributed by atoms with Gasteiger partial charge >= 0.3 is 5.97 Å². The fourth-order valence-electron chi connectivity index (χ4n) is 0.899. The highest BCUT2D eigenvalue weighted by atomic mass is 28.4. The molecule has 0 radical (unpaired) electrons. The summed E-state index contributed by atoms with van der Waals surface area (Å²) in [6.45, 7) is 12.7. The van der Waals surface area contributed by atoms with Gasteiger partial charge in [-0.1, -0.05) is 26.8 Å². The summed E-state index contributed by atoms with van der Waals surface area (Å²) in [5.74, 6) is -0.930. The highest BCUT2D eigenvalue weighted by Crippen LogP contribution is 2.37. The number of rotatable bonds is 4. The van der Waals surface area contributed by atoms with Crippen LogP contribution in [0.2, 0.25) is 18.1 Å². The standard InChI is InChI=1S/C11H22O3Si/c1-9(7-8-10(12)13)14-15(5,6)11(2,3)4/h7-9H,1-6H3,(H,12,13)/b8-7-. The number of carboxylic acids is 1. The monoisotopic (exact) mass is 230 g/mol. The average Bonchev–Trinajstić information content (AvgIpc) is 1.97. The Morgan fingerprint density at radius 1 is 1.40 bits per heavy atom. The normalized spacial score (nSPS) is 15.6. The molecule has 0 aromatic rings. The molecule has 88 valence electrons. The van der Waals surface area contributed by atoms with Crippen LogP contribution in [0.3, 0.4) is 0 Å². The van der Waals surface area contributed by atoms with Crippen LogP contribution in [-0.4, -0.2) is 25.5 Å². The van der Waals surface area contributed by atoms with E-state index in [4.69, 9.17) is 9.53 Å². The second-order valence-corrected chi connectivity index (χ2v) is 10.0. The van der Waals surface area contributed by atoms with Crippen molar-refractivity contribution >= 4 is 14.3 Å². The lowest BCUT2D eigenvalue weighted by Gasteiger charge is -2.37. The Morgan fingerprint density at radius 3 is 2.20 bits per heavy atom. The maximum atomic E-state index is 10.3. The van der Waals surface area contributed by atoms with Gasteiger partial charge in [-0.3, -0.25) is 0 Å². The summed E-state index contributed by atoms with van der Waals surface area (Å²) < 4.78 is 5.94. The molecule has 0 rings (SSSR count). The first kappa shape index (κ1) is 14.4. The third kappa shape index (κ3) is 5.13. The van der Waals surface area contributed by atoms with Crippen LogP contribution in [0.1, 0.15) is 27.7 Å². The summed E-state index contributed by atoms with van der Waals surface area (Å²) in [4.78, 5) is 10.3. The smallest absolute Gasteiger partial charge is 0.328 e. The van der Waals surface area contributed by atoms with Gasteiger partial charge in [-0.2, -0.15) is 0 Å². The molecular weight excluding hydrogens is 208 g/mol. The van der Waals surface area contributed by atoms with Crippen LogP contribution in [0.25, 0.3) is 0 Å². The van der Waals surface area contributed by atoms with Gasteiger partial charge in [0.1, 0.15) is 0 Å². The van der Waals surface area contributed by atoms with E-state index < -0.39 is 14.3 Å². The van der Waals surface area contributed by atoms with Crippen LogP contribution in [-0.2, 0) is 9.22 Å². The predicted molar refractivity (Wildman–Crippen MR) is 64.5 cm³/mol. The van der Waals surface area contributed by atoms with Gasteiger partial charge in [0, 0.05) is 6.08 Å². The summed E-state index contributed by atoms with van der Waals surface area (Å²) in [7, 11) is -1.78. The van der Waals surface area contributed by atoms with Crippen molar-refractivity contribution in [2.24, 2.45) is 0 Å². The predicted octanol–water partition coefficient (Wildman–Crippen LogP) is 3.04. The van der Waals surface area contributed by atoms with E-state index >= 15 is 0 Å². The Kier molecular flexibility index (Phi) is 4.74. The molecule has 0 fully saturated rings. The van der Waals surface area contributed by atoms with E-state index in [1.165, 1.54) is 0 Å². The molecule has 1 N–H and O–H groups in total. The van der Waals surface area contributed by atoms with E-state index in [-0.39, 0.29) is 11.1 Å². The summed E-state index contributed by atoms with van der Waals surface area (Å²) in [6, 6.07) is 0. The van der Waals surface area contributed by atoms with E-state index in [2.05, 4.69) is 33.9 Å². The Morgan fingerprint density at radius 2 is 1.87 bits per heavy atom. The lowest BCUT2D eigenvalue weighted by atomic mass is 10.2. The zero-order valence-electron chi connectivity index (χ0n) is 10.5. The topological polar surface area (TPSA) is 46.5 Å². The second-order valence-electron chi connectivity index (χ2n) is 5.28. The molecule has 0 heterocycles. The molecule has 15 heavy (non-hydrogen) atoms. The molecule has 0 saturated heterocycles. The summed E-state index contributed by atoms with van der Waals surface area (Å²) >= 11 is 0. The molecule has 0 spiro atoms. The Bertz CT molecular complexity index is 251. The minimum absolute atomic E-state index is 0.137. The summed E-state index contributed by atoms with van der Waals surface area (Å²) in [6.07, 6.45) is 2.59. The third-order valence-corrected chi connectivity index (χ3v) is 7.37. The minimum atomic E-state index is -1.78. The zero-order chi connectivity index (χ0) is 12.3. The maximum Gasteiger partial charge on any atom is 0.328 e. The molecule has 0 bridgehead atoms. The van der Waals surface area contributed by atoms with Gasteiger partial charge in [-0.05, 0) is 25.1 Å². The largest absolute Gasteiger partial charge is 0.478 e. The highest BCUT2D eigenvalue weighted by molar-refractivity contribution is 6.74. The molecular formula is C11H22O3Si. The number of carboxylic acid groups (broad SMARTS) is 1. The molecule has 4 heteroatoms. The molecule has 0 saturated carbocycles. The van der Waals surface area contributed by atoms with E-state index in [0.29, 0.717) is 0 Å². The van der Waals surface area contributed by atoms with Crippen molar-refractivity contribution in [3.05, 3.63) is 12.2 Å². The minimum Gasteiger partial charge on any atom is -0.478 e. The van der Waals surface area contributed by atoms with E-state index in [1.54, 1.807) is 6.08 Å². The fourth-order valence-corrected chi connectivity index (χ4v) is 2.26. The van der Waals surface area contributed by atoms with Crippen molar-refractivity contribution in [3.63, 3.8) is 0 Å². The van der Waals surface area contributed by atoms with Crippen molar-refractivity contribution in [1.82, 2.24) is 0 Å². The maximum absolute atomic E-state index is 10.3. The van der Waals surface area contributed by atoms with Crippen LogP contribution in [0.15, 0.2) is 12.2 Å². The number of carbonyl (C=O) groups is 1. The first-order chi connectivity index (χ1) is 6.56. The molecule has 3 nitrogen and oxygen atoms in total. The lowest BCUT2D eigenvalue weighted by molar-refractivity contribution is -0.131. The van der Waals surface area contributed by atoms with Gasteiger partial charge in [0.25, 0.3) is 0 Å². The van der Waals surface area contributed by atoms with Gasteiger partial charge in [-0.25, -0.2) is 4.79 Å². The van der Waals surface area contributed by atoms with Crippen LogP contribution >= 0.6 is 0 Å². The lowest BCUT2D eigenvalue weighted by Crippen LogP contribution is -2.42. The number of hydrogen-bond donors (Lipinski definition) is 1. The molecule has 1 unspecified atom stereocenters. The van der Waals surface area contributed by atoms with Crippen LogP contribution in [0, 0.1) is 0 Å². The highest BCUT2D eigenvalue weighted by Gasteiger charge is 2.37. The SMILES string of the molecule is CC(/C=C\C(=O)O)O[Si](C)(C)C(C)(C)C. The molecule has 0 aliphatic rings. The van der Waals surface area contributed by atoms with Crippen molar-refractivity contribution in [2.75, 3.05) is 0 Å². The van der Waals surface area contributed by atoms with Gasteiger partial charge < -0.3 is 9.53 Å². The Balaban J connectivity index is 4.41. The fraction of sp³-hybridized carbons (Fsp3) is 0.727. The van der Waals surface area contributed by atoms with Crippen molar-refractivity contribution in [2.45, 2.75) is 51.9 Å². The van der Waals surface area contributed by atoms with Crippen molar-refractivity contribution in [3.8, 4) is 0 Å². The molecule has 0 amide bonds. The Labute approximate surface area is 93.3 Å². The van der Waals surface area contributed by atoms with Crippen LogP contribution < -0.4 is 0 Å². The number of aliphatic carboxylic acids is 1. The first-order valence-electron chi connectivity index (χ1n) is 5.15. The van der Waals surface area contributed by atoms with Crippen LogP contribution in [0.5, 0.6) is 0 Å². The van der Waals surface area contributed by atoms with E-state index in [1.807, 2.05) is 6.92 Å².